The zero-order valence-electron chi connectivity index (χ0n) is 16.6. The molecule has 2 aromatic rings. The third-order valence-corrected chi connectivity index (χ3v) is 5.23. The fourth-order valence-electron chi connectivity index (χ4n) is 3.88. The summed E-state index contributed by atoms with van der Waals surface area (Å²) < 4.78 is 7.19. The van der Waals surface area contributed by atoms with Crippen LogP contribution in [-0.2, 0) is 7.05 Å². The van der Waals surface area contributed by atoms with Gasteiger partial charge < -0.3 is 10.1 Å². The number of carbonyl (C=O) groups excluding carboxylic acids is 1. The number of nitrogens with zero attached hydrogens (tertiary/aromatic N) is 3. The molecule has 1 fully saturated rings. The van der Waals surface area contributed by atoms with Crippen LogP contribution in [-0.4, -0.2) is 53.5 Å². The zero-order valence-corrected chi connectivity index (χ0v) is 16.6. The van der Waals surface area contributed by atoms with Gasteiger partial charge in [0.1, 0.15) is 11.6 Å². The first-order valence-corrected chi connectivity index (χ1v) is 9.51. The van der Waals surface area contributed by atoms with E-state index in [0.29, 0.717) is 18.4 Å². The minimum absolute atomic E-state index is 0.211. The van der Waals surface area contributed by atoms with Crippen molar-refractivity contribution in [1.29, 1.82) is 0 Å². The highest BCUT2D eigenvalue weighted by atomic mass is 16.5. The van der Waals surface area contributed by atoms with Gasteiger partial charge in [-0.05, 0) is 38.9 Å². The van der Waals surface area contributed by atoms with Gasteiger partial charge in [-0.25, -0.2) is 4.79 Å². The Morgan fingerprint density at radius 2 is 2.15 bits per heavy atom. The van der Waals surface area contributed by atoms with Crippen LogP contribution in [0.1, 0.15) is 25.5 Å². The molecule has 1 aromatic carbocycles. The summed E-state index contributed by atoms with van der Waals surface area (Å²) in [6, 6.07) is 7.97. The molecule has 27 heavy (non-hydrogen) atoms. The fourth-order valence-corrected chi connectivity index (χ4v) is 3.88. The van der Waals surface area contributed by atoms with Crippen LogP contribution < -0.4 is 15.4 Å². The van der Waals surface area contributed by atoms with Crippen molar-refractivity contribution in [3.05, 3.63) is 30.0 Å². The van der Waals surface area contributed by atoms with E-state index in [2.05, 4.69) is 27.6 Å². The Kier molecular flexibility index (Phi) is 6.01. The molecule has 0 saturated carbocycles. The van der Waals surface area contributed by atoms with Crippen molar-refractivity contribution in [1.82, 2.24) is 20.0 Å². The lowest BCUT2D eigenvalue weighted by atomic mass is 10.0. The van der Waals surface area contributed by atoms with Gasteiger partial charge in [-0.2, -0.15) is 5.10 Å². The van der Waals surface area contributed by atoms with Crippen molar-refractivity contribution in [3.8, 4) is 16.9 Å². The molecule has 0 unspecified atom stereocenters. The van der Waals surface area contributed by atoms with Crippen molar-refractivity contribution < 1.29 is 9.53 Å². The lowest BCUT2D eigenvalue weighted by Gasteiger charge is -2.23. The Morgan fingerprint density at radius 3 is 2.89 bits per heavy atom. The minimum Gasteiger partial charge on any atom is -0.496 e. The predicted octanol–water partition coefficient (Wildman–Crippen LogP) is 3.01. The number of aromatic nitrogens is 2. The van der Waals surface area contributed by atoms with Crippen LogP contribution in [0.15, 0.2) is 24.3 Å². The van der Waals surface area contributed by atoms with E-state index in [9.17, 15) is 4.79 Å². The number of hydrogen-bond donors (Lipinski definition) is 2. The van der Waals surface area contributed by atoms with Gasteiger partial charge in [0.15, 0.2) is 0 Å². The maximum absolute atomic E-state index is 12.6. The van der Waals surface area contributed by atoms with E-state index in [1.165, 1.54) is 6.42 Å². The number of amides is 2. The summed E-state index contributed by atoms with van der Waals surface area (Å²) >= 11 is 0. The smallest absolute Gasteiger partial charge is 0.320 e. The molecule has 2 heterocycles. The van der Waals surface area contributed by atoms with Crippen molar-refractivity contribution in [2.24, 2.45) is 7.05 Å². The normalized spacial score (nSPS) is 17.1. The molecule has 3 rings (SSSR count). The predicted molar refractivity (Wildman–Crippen MR) is 107 cm³/mol. The molecule has 2 amide bonds. The highest BCUT2D eigenvalue weighted by molar-refractivity contribution is 5.94. The molecular formula is C20H29N5O2. The Balaban J connectivity index is 1.76. The number of para-hydroxylation sites is 1. The number of benzene rings is 1. The highest BCUT2D eigenvalue weighted by Crippen LogP contribution is 2.37. The SMILES string of the molecule is CCN1CCC[C@H]1CNC(=O)Nc1c(-c2ccccc2OC)c(C)nn1C. The first-order chi connectivity index (χ1) is 13.0. The number of anilines is 1. The summed E-state index contributed by atoms with van der Waals surface area (Å²) in [6.07, 6.45) is 2.33. The number of aryl methyl sites for hydroxylation is 2. The third-order valence-electron chi connectivity index (χ3n) is 5.23. The second-order valence-electron chi connectivity index (χ2n) is 6.89. The van der Waals surface area contributed by atoms with E-state index in [4.69, 9.17) is 4.74 Å². The van der Waals surface area contributed by atoms with Gasteiger partial charge in [-0.3, -0.25) is 14.9 Å². The van der Waals surface area contributed by atoms with Gasteiger partial charge in [0.05, 0.1) is 18.4 Å². The Labute approximate surface area is 160 Å². The topological polar surface area (TPSA) is 71.4 Å². The molecule has 1 aromatic heterocycles. The number of rotatable bonds is 6. The second-order valence-corrected chi connectivity index (χ2v) is 6.89. The van der Waals surface area contributed by atoms with E-state index >= 15 is 0 Å². The Hall–Kier alpha value is -2.54. The third kappa shape index (κ3) is 4.08. The van der Waals surface area contributed by atoms with Crippen LogP contribution in [0.25, 0.3) is 11.1 Å². The summed E-state index contributed by atoms with van der Waals surface area (Å²) in [5, 5.41) is 10.5. The van der Waals surface area contributed by atoms with Crippen LogP contribution in [0.3, 0.4) is 0 Å². The molecule has 2 N–H and O–H groups in total. The van der Waals surface area contributed by atoms with E-state index in [0.717, 1.165) is 42.1 Å². The molecule has 0 radical (unpaired) electrons. The van der Waals surface area contributed by atoms with Crippen LogP contribution in [0.4, 0.5) is 10.6 Å². The molecular weight excluding hydrogens is 342 g/mol. The summed E-state index contributed by atoms with van der Waals surface area (Å²) in [7, 11) is 3.47. The van der Waals surface area contributed by atoms with Crippen molar-refractivity contribution >= 4 is 11.8 Å². The minimum atomic E-state index is -0.211. The monoisotopic (exact) mass is 371 g/mol. The molecule has 1 atom stereocenters. The van der Waals surface area contributed by atoms with E-state index < -0.39 is 0 Å². The van der Waals surface area contributed by atoms with Gasteiger partial charge in [0.2, 0.25) is 0 Å². The van der Waals surface area contributed by atoms with Crippen LogP contribution >= 0.6 is 0 Å². The molecule has 0 bridgehead atoms. The molecule has 0 aliphatic carbocycles. The number of urea groups is 1. The first kappa shape index (κ1) is 19.2. The number of ether oxygens (including phenoxy) is 1. The number of likely N-dealkylation sites (tertiary alicyclic amines) is 1. The zero-order chi connectivity index (χ0) is 19.4. The highest BCUT2D eigenvalue weighted by Gasteiger charge is 2.24. The molecule has 0 spiro atoms. The Bertz CT molecular complexity index is 802. The summed E-state index contributed by atoms with van der Waals surface area (Å²) in [5.74, 6) is 1.41. The average molecular weight is 371 g/mol. The molecule has 1 aliphatic heterocycles. The van der Waals surface area contributed by atoms with E-state index in [-0.39, 0.29) is 6.03 Å². The van der Waals surface area contributed by atoms with Gasteiger partial charge in [0.25, 0.3) is 0 Å². The summed E-state index contributed by atoms with van der Waals surface area (Å²) in [4.78, 5) is 15.0. The lowest BCUT2D eigenvalue weighted by Crippen LogP contribution is -2.41. The van der Waals surface area contributed by atoms with E-state index in [1.807, 2.05) is 38.2 Å². The van der Waals surface area contributed by atoms with Crippen molar-refractivity contribution in [3.63, 3.8) is 0 Å². The average Bonchev–Trinajstić information content (AvgIpc) is 3.23. The fraction of sp³-hybridized carbons (Fsp3) is 0.500. The molecule has 7 nitrogen and oxygen atoms in total. The van der Waals surface area contributed by atoms with E-state index in [1.54, 1.807) is 11.8 Å². The maximum atomic E-state index is 12.6. The number of nitrogens with one attached hydrogen (secondary N) is 2. The number of likely N-dealkylation sites (N-methyl/N-ethyl adjacent to an activating group) is 1. The standard InChI is InChI=1S/C20H29N5O2/c1-5-25-12-8-9-15(25)13-21-20(26)22-19-18(14(2)23-24(19)3)16-10-6-7-11-17(16)27-4/h6-7,10-11,15H,5,8-9,12-13H2,1-4H3,(H2,21,22,26)/t15-/m0/s1. The molecule has 1 saturated heterocycles. The van der Waals surface area contributed by atoms with Crippen molar-refractivity contribution in [2.45, 2.75) is 32.7 Å². The molecule has 1 aliphatic rings. The number of hydrogen-bond acceptors (Lipinski definition) is 4. The largest absolute Gasteiger partial charge is 0.496 e. The number of methoxy groups -OCH3 is 1. The van der Waals surface area contributed by atoms with Crippen LogP contribution in [0.5, 0.6) is 5.75 Å². The van der Waals surface area contributed by atoms with Crippen LogP contribution in [0.2, 0.25) is 0 Å². The maximum Gasteiger partial charge on any atom is 0.320 e. The first-order valence-electron chi connectivity index (χ1n) is 9.51. The quantitative estimate of drug-likeness (QED) is 0.819. The molecule has 7 heteroatoms. The summed E-state index contributed by atoms with van der Waals surface area (Å²) in [5.41, 5.74) is 2.63. The number of carbonyl (C=O) groups is 1. The van der Waals surface area contributed by atoms with Gasteiger partial charge in [-0.1, -0.05) is 25.1 Å². The van der Waals surface area contributed by atoms with Gasteiger partial charge in [0, 0.05) is 25.2 Å². The second kappa shape index (κ2) is 8.43. The van der Waals surface area contributed by atoms with Crippen LogP contribution in [0, 0.1) is 6.92 Å². The molecule has 146 valence electrons. The lowest BCUT2D eigenvalue weighted by molar-refractivity contribution is 0.238. The van der Waals surface area contributed by atoms with Crippen molar-refractivity contribution in [2.75, 3.05) is 32.1 Å². The van der Waals surface area contributed by atoms with Gasteiger partial charge >= 0.3 is 6.03 Å². The Morgan fingerprint density at radius 1 is 1.37 bits per heavy atom. The van der Waals surface area contributed by atoms with Gasteiger partial charge in [-0.15, -0.1) is 0 Å². The summed E-state index contributed by atoms with van der Waals surface area (Å²) in [6.45, 7) is 6.88.